The minimum Gasteiger partial charge on any atom is -0.497 e. The maximum atomic E-state index is 5.57. The Kier molecular flexibility index (Phi) is 7.14. The number of piperidine rings is 1. The smallest absolute Gasteiger partial charge is 0.191 e. The zero-order chi connectivity index (χ0) is 21.6. The van der Waals surface area contributed by atoms with Gasteiger partial charge >= 0.3 is 0 Å². The molecule has 0 saturated carbocycles. The van der Waals surface area contributed by atoms with Crippen molar-refractivity contribution in [1.29, 1.82) is 0 Å². The zero-order valence-electron chi connectivity index (χ0n) is 18.5. The third kappa shape index (κ3) is 5.22. The molecule has 2 heterocycles. The Morgan fingerprint density at radius 2 is 1.90 bits per heavy atom. The van der Waals surface area contributed by atoms with E-state index in [2.05, 4.69) is 57.0 Å². The predicted molar refractivity (Wildman–Crippen MR) is 124 cm³/mol. The predicted octanol–water partition coefficient (Wildman–Crippen LogP) is 4.50. The van der Waals surface area contributed by atoms with Crippen molar-refractivity contribution < 1.29 is 9.47 Å². The molecule has 1 fully saturated rings. The van der Waals surface area contributed by atoms with Gasteiger partial charge < -0.3 is 14.0 Å². The first kappa shape index (κ1) is 21.7. The molecule has 0 radical (unpaired) electrons. The van der Waals surface area contributed by atoms with Crippen molar-refractivity contribution in [3.8, 4) is 11.5 Å². The molecule has 0 bridgehead atoms. The van der Waals surface area contributed by atoms with Crippen molar-refractivity contribution in [3.63, 3.8) is 0 Å². The van der Waals surface area contributed by atoms with Crippen LogP contribution in [0.15, 0.2) is 53.7 Å². The van der Waals surface area contributed by atoms with Gasteiger partial charge in [0.25, 0.3) is 0 Å². The van der Waals surface area contributed by atoms with Gasteiger partial charge in [0.1, 0.15) is 17.3 Å². The minimum atomic E-state index is 0.383. The Morgan fingerprint density at radius 3 is 2.68 bits per heavy atom. The molecule has 1 saturated heterocycles. The molecule has 3 aromatic rings. The van der Waals surface area contributed by atoms with Gasteiger partial charge in [0, 0.05) is 37.4 Å². The molecule has 1 aliphatic rings. The normalized spacial score (nSPS) is 16.9. The van der Waals surface area contributed by atoms with Crippen LogP contribution in [0, 0.1) is 0 Å². The summed E-state index contributed by atoms with van der Waals surface area (Å²) in [5, 5.41) is 10.0. The van der Waals surface area contributed by atoms with Crippen LogP contribution in [0.3, 0.4) is 0 Å². The van der Waals surface area contributed by atoms with E-state index < -0.39 is 0 Å². The van der Waals surface area contributed by atoms with Gasteiger partial charge in [-0.2, -0.15) is 0 Å². The summed E-state index contributed by atoms with van der Waals surface area (Å²) in [7, 11) is 5.51. The number of nitrogens with zero attached hydrogens (tertiary/aromatic N) is 4. The monoisotopic (exact) mass is 438 g/mol. The van der Waals surface area contributed by atoms with Crippen LogP contribution in [0.1, 0.15) is 35.7 Å². The molecule has 4 rings (SSSR count). The zero-order valence-corrected chi connectivity index (χ0v) is 19.3. The molecular formula is C24H30N4O2S. The van der Waals surface area contributed by atoms with Crippen molar-refractivity contribution in [2.75, 3.05) is 27.3 Å². The Bertz CT molecular complexity index is 992. The van der Waals surface area contributed by atoms with Crippen molar-refractivity contribution in [3.05, 3.63) is 65.5 Å². The number of ether oxygens (including phenoxy) is 2. The fourth-order valence-corrected chi connectivity index (χ4v) is 5.06. The molecule has 164 valence electrons. The van der Waals surface area contributed by atoms with Gasteiger partial charge in [-0.15, -0.1) is 10.2 Å². The molecule has 1 aromatic heterocycles. The molecular weight excluding hydrogens is 408 g/mol. The topological polar surface area (TPSA) is 52.4 Å². The molecule has 31 heavy (non-hydrogen) atoms. The maximum absolute atomic E-state index is 5.57. The van der Waals surface area contributed by atoms with Crippen LogP contribution in [-0.4, -0.2) is 47.0 Å². The van der Waals surface area contributed by atoms with Crippen LogP contribution >= 0.6 is 11.8 Å². The first-order valence-corrected chi connectivity index (χ1v) is 11.7. The first-order valence-electron chi connectivity index (χ1n) is 10.7. The van der Waals surface area contributed by atoms with Gasteiger partial charge in [0.05, 0.1) is 14.2 Å². The lowest BCUT2D eigenvalue weighted by Gasteiger charge is -2.32. The van der Waals surface area contributed by atoms with Crippen molar-refractivity contribution in [2.45, 2.75) is 36.2 Å². The highest BCUT2D eigenvalue weighted by molar-refractivity contribution is 7.98. The summed E-state index contributed by atoms with van der Waals surface area (Å²) in [5.41, 5.74) is 2.45. The molecule has 2 aromatic carbocycles. The molecule has 1 atom stereocenters. The van der Waals surface area contributed by atoms with E-state index in [0.717, 1.165) is 66.3 Å². The van der Waals surface area contributed by atoms with E-state index in [1.807, 2.05) is 18.2 Å². The summed E-state index contributed by atoms with van der Waals surface area (Å²) in [6, 6.07) is 16.5. The SMILES string of the molecule is COc1ccc(OC)c(CN2CCCC(c3nnc(SCc4ccccc4)n3C)C2)c1. The average molecular weight is 439 g/mol. The van der Waals surface area contributed by atoms with Gasteiger partial charge in [0.15, 0.2) is 5.16 Å². The molecule has 0 spiro atoms. The highest BCUT2D eigenvalue weighted by atomic mass is 32.2. The van der Waals surface area contributed by atoms with Gasteiger partial charge in [0.2, 0.25) is 0 Å². The molecule has 1 aliphatic heterocycles. The van der Waals surface area contributed by atoms with Gasteiger partial charge in [-0.3, -0.25) is 4.90 Å². The number of likely N-dealkylation sites (tertiary alicyclic amines) is 1. The average Bonchev–Trinajstić information content (AvgIpc) is 3.18. The Labute approximate surface area is 188 Å². The Morgan fingerprint density at radius 1 is 1.06 bits per heavy atom. The number of methoxy groups -OCH3 is 2. The first-order chi connectivity index (χ1) is 15.2. The Hall–Kier alpha value is -2.51. The summed E-state index contributed by atoms with van der Waals surface area (Å²) < 4.78 is 13.2. The fraction of sp³-hybridized carbons (Fsp3) is 0.417. The lowest BCUT2D eigenvalue weighted by Crippen LogP contribution is -2.35. The second-order valence-electron chi connectivity index (χ2n) is 7.93. The number of hydrogen-bond donors (Lipinski definition) is 0. The number of benzene rings is 2. The number of rotatable bonds is 8. The Balaban J connectivity index is 1.43. The van der Waals surface area contributed by atoms with Crippen LogP contribution in [0.2, 0.25) is 0 Å². The van der Waals surface area contributed by atoms with Crippen LogP contribution in [0.5, 0.6) is 11.5 Å². The van der Waals surface area contributed by atoms with E-state index in [-0.39, 0.29) is 0 Å². The highest BCUT2D eigenvalue weighted by Gasteiger charge is 2.26. The van der Waals surface area contributed by atoms with E-state index in [9.17, 15) is 0 Å². The van der Waals surface area contributed by atoms with Crippen LogP contribution in [-0.2, 0) is 19.3 Å². The largest absolute Gasteiger partial charge is 0.497 e. The minimum absolute atomic E-state index is 0.383. The fourth-order valence-electron chi connectivity index (χ4n) is 4.19. The van der Waals surface area contributed by atoms with Crippen LogP contribution in [0.25, 0.3) is 0 Å². The number of thioether (sulfide) groups is 1. The van der Waals surface area contributed by atoms with Gasteiger partial charge in [-0.05, 0) is 43.1 Å². The summed E-state index contributed by atoms with van der Waals surface area (Å²) in [4.78, 5) is 2.48. The van der Waals surface area contributed by atoms with Crippen LogP contribution in [0.4, 0.5) is 0 Å². The van der Waals surface area contributed by atoms with Gasteiger partial charge in [-0.25, -0.2) is 0 Å². The molecule has 6 nitrogen and oxygen atoms in total. The number of aromatic nitrogens is 3. The highest BCUT2D eigenvalue weighted by Crippen LogP contribution is 2.31. The van der Waals surface area contributed by atoms with Gasteiger partial charge in [-0.1, -0.05) is 42.1 Å². The van der Waals surface area contributed by atoms with E-state index in [0.29, 0.717) is 5.92 Å². The molecule has 0 amide bonds. The van der Waals surface area contributed by atoms with Crippen molar-refractivity contribution in [1.82, 2.24) is 19.7 Å². The summed E-state index contributed by atoms with van der Waals surface area (Å²) in [6.07, 6.45) is 2.29. The van der Waals surface area contributed by atoms with Crippen molar-refractivity contribution in [2.24, 2.45) is 7.05 Å². The second kappa shape index (κ2) is 10.2. The molecule has 0 N–H and O–H groups in total. The number of hydrogen-bond acceptors (Lipinski definition) is 6. The summed E-state index contributed by atoms with van der Waals surface area (Å²) >= 11 is 1.74. The molecule has 1 unspecified atom stereocenters. The maximum Gasteiger partial charge on any atom is 0.191 e. The van der Waals surface area contributed by atoms with E-state index >= 15 is 0 Å². The third-order valence-electron chi connectivity index (χ3n) is 5.83. The van der Waals surface area contributed by atoms with Crippen molar-refractivity contribution >= 4 is 11.8 Å². The van der Waals surface area contributed by atoms with E-state index in [1.165, 1.54) is 5.56 Å². The van der Waals surface area contributed by atoms with Crippen LogP contribution < -0.4 is 9.47 Å². The summed E-state index contributed by atoms with van der Waals surface area (Å²) in [6.45, 7) is 2.88. The summed E-state index contributed by atoms with van der Waals surface area (Å²) in [5.74, 6) is 4.13. The molecule has 7 heteroatoms. The third-order valence-corrected chi connectivity index (χ3v) is 6.92. The standard InChI is InChI=1S/C24H30N4O2S/c1-27-23(25-26-24(27)31-17-18-8-5-4-6-9-18)19-10-7-13-28(15-19)16-20-14-21(29-2)11-12-22(20)30-3/h4-6,8-9,11-12,14,19H,7,10,13,15-17H2,1-3H3. The quantitative estimate of drug-likeness (QED) is 0.483. The lowest BCUT2D eigenvalue weighted by atomic mass is 9.96. The lowest BCUT2D eigenvalue weighted by molar-refractivity contribution is 0.192. The van der Waals surface area contributed by atoms with E-state index in [1.54, 1.807) is 26.0 Å². The van der Waals surface area contributed by atoms with E-state index in [4.69, 9.17) is 9.47 Å². The molecule has 0 aliphatic carbocycles. The second-order valence-corrected chi connectivity index (χ2v) is 8.87.